The summed E-state index contributed by atoms with van der Waals surface area (Å²) in [4.78, 5) is 0. The summed E-state index contributed by atoms with van der Waals surface area (Å²) in [5, 5.41) is 51.9. The smallest absolute Gasteiger partial charge is 0.192 e. The monoisotopic (exact) mass is 1160 g/mol. The number of halogens is 1. The fourth-order valence-electron chi connectivity index (χ4n) is 15.6. The second-order valence-electron chi connectivity index (χ2n) is 32.1. The number of hydrogen-bond acceptors (Lipinski definition) is 7. The molecule has 4 rings (SSSR count). The second-order valence-corrected chi connectivity index (χ2v) is 36.8. The molecule has 484 valence electrons. The van der Waals surface area contributed by atoms with Crippen LogP contribution in [0.15, 0.2) is 0 Å². The highest BCUT2D eigenvalue weighted by Crippen LogP contribution is 2.65. The first kappa shape index (κ1) is 81.9. The first-order chi connectivity index (χ1) is 36.3. The maximum absolute atomic E-state index is 10.6. The molecule has 4 aliphatic rings. The van der Waals surface area contributed by atoms with E-state index in [9.17, 15) is 25.5 Å². The van der Waals surface area contributed by atoms with Crippen LogP contribution in [-0.4, -0.2) is 68.5 Å². The fraction of sp³-hybridized carbons (Fsp3) is 1.00. The Kier molecular flexibility index (Phi) is 38.4. The summed E-state index contributed by atoms with van der Waals surface area (Å²) in [6, 6.07) is 0. The highest BCUT2D eigenvalue weighted by atomic mass is 28.4. The summed E-state index contributed by atoms with van der Waals surface area (Å²) >= 11 is 0. The van der Waals surface area contributed by atoms with Gasteiger partial charge < -0.3 is 30.0 Å². The predicted molar refractivity (Wildman–Crippen MR) is 351 cm³/mol. The zero-order chi connectivity index (χ0) is 61.2. The van der Waals surface area contributed by atoms with Crippen molar-refractivity contribution in [2.24, 2.45) is 51.3 Å². The van der Waals surface area contributed by atoms with E-state index in [1.165, 1.54) is 135 Å². The Labute approximate surface area is 501 Å². The first-order valence-electron chi connectivity index (χ1n) is 33.8. The van der Waals surface area contributed by atoms with Gasteiger partial charge in [-0.05, 0) is 222 Å². The van der Waals surface area contributed by atoms with Gasteiger partial charge in [-0.25, -0.2) is 0 Å². The highest BCUT2D eigenvalue weighted by molar-refractivity contribution is 6.74. The van der Waals surface area contributed by atoms with Gasteiger partial charge in [-0.1, -0.05) is 199 Å². The van der Waals surface area contributed by atoms with Crippen LogP contribution in [0.3, 0.4) is 0 Å². The number of hydrogen-bond donors (Lipinski definition) is 6. The molecule has 4 fully saturated rings. The minimum absolute atomic E-state index is 0. The Hall–Kier alpha value is -0.133. The van der Waals surface area contributed by atoms with Crippen LogP contribution in [0.25, 0.3) is 0 Å². The predicted octanol–water partition coefficient (Wildman–Crippen LogP) is 21.1. The Morgan fingerprint density at radius 2 is 0.725 bits per heavy atom. The highest BCUT2D eigenvalue weighted by Gasteiger charge is 2.58. The van der Waals surface area contributed by atoms with Crippen LogP contribution in [0.1, 0.15) is 357 Å². The maximum atomic E-state index is 10.6. The van der Waals surface area contributed by atoms with Crippen molar-refractivity contribution in [2.45, 2.75) is 410 Å². The molecule has 0 bridgehead atoms. The standard InChI is InChI=1S/C30H60O3Si.C24H46O3.2C8H18.CH4.FH2N/c1-26(2,3)34(10,11)33-24-15-12-22-30(9)23(24)16-17-25(30)29(8,20-13-18-27(4,5)31)21-14-19-28(6,7)32;1-21(2,26)13-8-15-23(5,16-9-14-22(3,4)27)20-12-11-18-19(25)10-7-17-24(18,20)6;2*1-3-5-7-8-6-4-2;;1-2/h23-25,31-32H,12-22H2,1-11H3;18-20,25-27H,7-17H2,1-6H3;2*3-8H2,1-2H3;1H4;2H2/t23?,24-,25?,30-;18?,19-,20?,24-;;;;/m00..../s1. The largest absolute Gasteiger partial charge is 0.414 e. The van der Waals surface area contributed by atoms with Crippen molar-refractivity contribution in [1.29, 1.82) is 0 Å². The Bertz CT molecular complexity index is 1480. The van der Waals surface area contributed by atoms with Crippen molar-refractivity contribution in [2.75, 3.05) is 0 Å². The average Bonchev–Trinajstić information content (AvgIpc) is 3.87. The third kappa shape index (κ3) is 30.0. The van der Waals surface area contributed by atoms with Crippen LogP contribution in [0.5, 0.6) is 0 Å². The van der Waals surface area contributed by atoms with Gasteiger partial charge in [0.2, 0.25) is 0 Å². The Balaban J connectivity index is 0. The molecular weight excluding hydrogens is 1010 g/mol. The van der Waals surface area contributed by atoms with E-state index in [-0.39, 0.29) is 34.8 Å². The van der Waals surface area contributed by atoms with Gasteiger partial charge >= 0.3 is 0 Å². The molecule has 0 spiro atoms. The minimum atomic E-state index is -1.79. The van der Waals surface area contributed by atoms with Crippen LogP contribution < -0.4 is 5.96 Å². The molecule has 4 aliphatic carbocycles. The molecule has 0 aromatic heterocycles. The fourth-order valence-corrected chi connectivity index (χ4v) is 17.0. The molecule has 7 nitrogen and oxygen atoms in total. The van der Waals surface area contributed by atoms with Crippen LogP contribution in [-0.2, 0) is 4.43 Å². The SMILES string of the molecule is C.CC(C)(O)CCCC(C)(CCCC(C)(C)O)C1CCC2[C@@H](O)CCC[C@@]21C.CC(C)(O)CCCC(C)(CCCC(C)(C)O)C1CCC2[C@@H](O[Si](C)(C)C(C)(C)C)CCC[C@@]21C.CCCCCCCC.CCCCCCCC.NF. The number of fused-ring (bicyclic) bond motifs is 2. The van der Waals surface area contributed by atoms with Gasteiger partial charge in [0.05, 0.1) is 28.5 Å². The van der Waals surface area contributed by atoms with Gasteiger partial charge in [0, 0.05) is 6.10 Å². The Morgan fingerprint density at radius 1 is 0.438 bits per heavy atom. The van der Waals surface area contributed by atoms with Crippen molar-refractivity contribution < 1.29 is 34.4 Å². The van der Waals surface area contributed by atoms with Gasteiger partial charge in [-0.2, -0.15) is 5.96 Å². The summed E-state index contributed by atoms with van der Waals surface area (Å²) in [5.74, 6) is 5.45. The van der Waals surface area contributed by atoms with Gasteiger partial charge in [-0.15, -0.1) is 4.48 Å². The van der Waals surface area contributed by atoms with E-state index in [0.29, 0.717) is 35.2 Å². The molecule has 0 heterocycles. The molecular formula is C71H148FNO6Si. The minimum Gasteiger partial charge on any atom is -0.414 e. The molecule has 80 heavy (non-hydrogen) atoms. The summed E-state index contributed by atoms with van der Waals surface area (Å²) in [6.07, 6.45) is 41.7. The molecule has 0 radical (unpaired) electrons. The normalized spacial score (nSPS) is 25.5. The summed E-state index contributed by atoms with van der Waals surface area (Å²) in [7, 11) is -1.79. The van der Waals surface area contributed by atoms with Crippen molar-refractivity contribution in [3.63, 3.8) is 0 Å². The second kappa shape index (κ2) is 37.5. The lowest BCUT2D eigenvalue weighted by Crippen LogP contribution is -2.51. The maximum Gasteiger partial charge on any atom is 0.192 e. The topological polar surface area (TPSA) is 136 Å². The molecule has 0 aromatic carbocycles. The zero-order valence-corrected chi connectivity index (χ0v) is 58.1. The number of aliphatic hydroxyl groups is 5. The molecule has 0 aliphatic heterocycles. The number of rotatable bonds is 30. The quantitative estimate of drug-likeness (QED) is 0.0239. The molecule has 0 amide bonds. The van der Waals surface area contributed by atoms with Crippen LogP contribution in [0.2, 0.25) is 18.1 Å². The van der Waals surface area contributed by atoms with Gasteiger partial charge in [0.25, 0.3) is 0 Å². The van der Waals surface area contributed by atoms with Crippen LogP contribution in [0.4, 0.5) is 4.48 Å². The Morgan fingerprint density at radius 3 is 1.01 bits per heavy atom. The van der Waals surface area contributed by atoms with Crippen LogP contribution in [0, 0.1) is 45.3 Å². The molecule has 7 N–H and O–H groups in total. The van der Waals surface area contributed by atoms with E-state index in [1.807, 2.05) is 55.4 Å². The van der Waals surface area contributed by atoms with Gasteiger partial charge in [-0.3, -0.25) is 0 Å². The van der Waals surface area contributed by atoms with Gasteiger partial charge in [0.1, 0.15) is 0 Å². The van der Waals surface area contributed by atoms with Crippen LogP contribution >= 0.6 is 0 Å². The van der Waals surface area contributed by atoms with Crippen molar-refractivity contribution in [3.8, 4) is 0 Å². The molecule has 8 atom stereocenters. The van der Waals surface area contributed by atoms with Crippen molar-refractivity contribution >= 4 is 8.32 Å². The summed E-state index contributed by atoms with van der Waals surface area (Å²) in [6.45, 7) is 46.4. The molecule has 4 saturated carbocycles. The number of nitrogens with two attached hydrogens (primary N) is 1. The van der Waals surface area contributed by atoms with Crippen molar-refractivity contribution in [3.05, 3.63) is 0 Å². The third-order valence-electron chi connectivity index (χ3n) is 21.1. The number of aliphatic hydroxyl groups excluding tert-OH is 1. The number of unbranched alkanes of at least 4 members (excludes halogenated alkanes) is 10. The third-order valence-corrected chi connectivity index (χ3v) is 25.7. The zero-order valence-electron chi connectivity index (χ0n) is 57.1. The lowest BCUT2D eigenvalue weighted by atomic mass is 9.55. The van der Waals surface area contributed by atoms with E-state index >= 15 is 0 Å². The van der Waals surface area contributed by atoms with E-state index in [2.05, 4.69) is 95.2 Å². The van der Waals surface area contributed by atoms with E-state index in [4.69, 9.17) is 8.91 Å². The lowest BCUT2D eigenvalue weighted by molar-refractivity contribution is -0.0544. The first-order valence-corrected chi connectivity index (χ1v) is 36.7. The molecule has 4 unspecified atom stereocenters. The lowest BCUT2D eigenvalue weighted by Gasteiger charge is -2.53. The van der Waals surface area contributed by atoms with E-state index < -0.39 is 30.7 Å². The molecule has 9 heteroatoms. The van der Waals surface area contributed by atoms with E-state index in [0.717, 1.165) is 83.5 Å². The summed E-state index contributed by atoms with van der Waals surface area (Å²) < 4.78 is 16.1. The van der Waals surface area contributed by atoms with Crippen molar-refractivity contribution in [1.82, 2.24) is 0 Å². The summed E-state index contributed by atoms with van der Waals surface area (Å²) in [5.41, 5.74) is -1.34. The van der Waals surface area contributed by atoms with E-state index in [1.54, 1.807) is 0 Å². The molecule has 0 saturated heterocycles. The van der Waals surface area contributed by atoms with Gasteiger partial charge in [0.15, 0.2) is 8.32 Å². The molecule has 0 aromatic rings. The average molecular weight is 1160 g/mol.